The Bertz CT molecular complexity index is 1120. The van der Waals surface area contributed by atoms with Crippen LogP contribution in [0.4, 0.5) is 5.69 Å². The standard InChI is InChI=1S/C19H23N3O5S2/c1-21-9-11-22(12-10-21)29(26,27)18-8-3-5-15(13-18)19(23)20-16-6-4-7-17(14-16)28(2,24)25/h3-8,13-14H,9-12H2,1-2H3,(H,20,23). The summed E-state index contributed by atoms with van der Waals surface area (Å²) in [6.07, 6.45) is 1.08. The molecule has 0 spiro atoms. The molecule has 0 bridgehead atoms. The van der Waals surface area contributed by atoms with Gasteiger partial charge in [-0.25, -0.2) is 16.8 Å². The molecule has 1 amide bonds. The van der Waals surface area contributed by atoms with Crippen LogP contribution in [0.15, 0.2) is 58.3 Å². The summed E-state index contributed by atoms with van der Waals surface area (Å²) in [5, 5.41) is 2.62. The highest BCUT2D eigenvalue weighted by Crippen LogP contribution is 2.20. The third kappa shape index (κ3) is 5.02. The highest BCUT2D eigenvalue weighted by atomic mass is 32.2. The third-order valence-corrected chi connectivity index (χ3v) is 7.72. The van der Waals surface area contributed by atoms with E-state index >= 15 is 0 Å². The Hall–Kier alpha value is -2.27. The van der Waals surface area contributed by atoms with E-state index in [2.05, 4.69) is 10.2 Å². The molecule has 0 atom stereocenters. The SMILES string of the molecule is CN1CCN(S(=O)(=O)c2cccc(C(=O)Nc3cccc(S(C)(=O)=O)c3)c2)CC1. The topological polar surface area (TPSA) is 104 Å². The van der Waals surface area contributed by atoms with Crippen molar-refractivity contribution in [2.75, 3.05) is 44.8 Å². The van der Waals surface area contributed by atoms with E-state index in [-0.39, 0.29) is 15.4 Å². The summed E-state index contributed by atoms with van der Waals surface area (Å²) in [7, 11) is -5.16. The lowest BCUT2D eigenvalue weighted by Gasteiger charge is -2.31. The molecule has 1 aliphatic rings. The predicted molar refractivity (Wildman–Crippen MR) is 110 cm³/mol. The van der Waals surface area contributed by atoms with E-state index in [1.54, 1.807) is 6.07 Å². The quantitative estimate of drug-likeness (QED) is 0.756. The van der Waals surface area contributed by atoms with Crippen molar-refractivity contribution in [1.29, 1.82) is 0 Å². The second-order valence-corrected chi connectivity index (χ2v) is 10.9. The zero-order valence-electron chi connectivity index (χ0n) is 16.2. The van der Waals surface area contributed by atoms with E-state index in [1.807, 2.05) is 7.05 Å². The monoisotopic (exact) mass is 437 g/mol. The maximum Gasteiger partial charge on any atom is 0.255 e. The van der Waals surface area contributed by atoms with Crippen LogP contribution in [0.2, 0.25) is 0 Å². The van der Waals surface area contributed by atoms with Crippen LogP contribution < -0.4 is 5.32 Å². The molecule has 156 valence electrons. The zero-order valence-corrected chi connectivity index (χ0v) is 17.8. The molecule has 10 heteroatoms. The van der Waals surface area contributed by atoms with E-state index in [4.69, 9.17) is 0 Å². The molecule has 2 aromatic rings. The minimum atomic E-state index is -3.69. The molecule has 8 nitrogen and oxygen atoms in total. The molecule has 1 saturated heterocycles. The van der Waals surface area contributed by atoms with E-state index < -0.39 is 25.8 Å². The number of piperazine rings is 1. The van der Waals surface area contributed by atoms with Gasteiger partial charge in [0.15, 0.2) is 9.84 Å². The number of carbonyl (C=O) groups is 1. The number of sulfonamides is 1. The fraction of sp³-hybridized carbons (Fsp3) is 0.316. The summed E-state index contributed by atoms with van der Waals surface area (Å²) in [6.45, 7) is 2.09. The van der Waals surface area contributed by atoms with Crippen molar-refractivity contribution in [3.63, 3.8) is 0 Å². The Morgan fingerprint density at radius 1 is 0.897 bits per heavy atom. The van der Waals surface area contributed by atoms with Crippen LogP contribution in [0.1, 0.15) is 10.4 Å². The van der Waals surface area contributed by atoms with Crippen molar-refractivity contribution in [3.05, 3.63) is 54.1 Å². The number of nitrogens with one attached hydrogen (secondary N) is 1. The van der Waals surface area contributed by atoms with Crippen molar-refractivity contribution >= 4 is 31.5 Å². The summed E-state index contributed by atoms with van der Waals surface area (Å²) in [5.41, 5.74) is 0.482. The smallest absolute Gasteiger partial charge is 0.255 e. The molecule has 0 radical (unpaired) electrons. The van der Waals surface area contributed by atoms with E-state index in [9.17, 15) is 21.6 Å². The van der Waals surface area contributed by atoms with Crippen LogP contribution in [0.25, 0.3) is 0 Å². The van der Waals surface area contributed by atoms with E-state index in [1.165, 1.54) is 46.8 Å². The molecule has 3 rings (SSSR count). The minimum absolute atomic E-state index is 0.0552. The summed E-state index contributed by atoms with van der Waals surface area (Å²) < 4.78 is 50.6. The van der Waals surface area contributed by atoms with Crippen LogP contribution in [0.5, 0.6) is 0 Å². The molecule has 1 aliphatic heterocycles. The average Bonchev–Trinajstić information content (AvgIpc) is 2.68. The number of amides is 1. The highest BCUT2D eigenvalue weighted by Gasteiger charge is 2.28. The van der Waals surface area contributed by atoms with Crippen molar-refractivity contribution in [2.24, 2.45) is 0 Å². The van der Waals surface area contributed by atoms with Gasteiger partial charge in [-0.1, -0.05) is 12.1 Å². The van der Waals surface area contributed by atoms with Gasteiger partial charge in [0.25, 0.3) is 5.91 Å². The average molecular weight is 438 g/mol. The first kappa shape index (κ1) is 21.4. The van der Waals surface area contributed by atoms with Gasteiger partial charge in [0.05, 0.1) is 9.79 Å². The lowest BCUT2D eigenvalue weighted by molar-refractivity contribution is 0.102. The first-order valence-corrected chi connectivity index (χ1v) is 12.3. The number of rotatable bonds is 5. The van der Waals surface area contributed by atoms with E-state index in [0.717, 1.165) is 6.26 Å². The predicted octanol–water partition coefficient (Wildman–Crippen LogP) is 1.28. The van der Waals surface area contributed by atoms with Gasteiger partial charge in [-0.2, -0.15) is 4.31 Å². The first-order valence-electron chi connectivity index (χ1n) is 8.97. The van der Waals surface area contributed by atoms with Gasteiger partial charge in [-0.15, -0.1) is 0 Å². The number of anilines is 1. The van der Waals surface area contributed by atoms with Crippen LogP contribution in [0, 0.1) is 0 Å². The largest absolute Gasteiger partial charge is 0.322 e. The summed E-state index contributed by atoms with van der Waals surface area (Å²) in [6, 6.07) is 11.7. The van der Waals surface area contributed by atoms with Gasteiger partial charge in [-0.3, -0.25) is 4.79 Å². The van der Waals surface area contributed by atoms with Crippen LogP contribution in [-0.2, 0) is 19.9 Å². The molecular formula is C19H23N3O5S2. The maximum atomic E-state index is 12.9. The van der Waals surface area contributed by atoms with Crippen molar-refractivity contribution in [1.82, 2.24) is 9.21 Å². The molecule has 0 unspecified atom stereocenters. The molecule has 0 aromatic heterocycles. The Morgan fingerprint density at radius 3 is 2.17 bits per heavy atom. The highest BCUT2D eigenvalue weighted by molar-refractivity contribution is 7.90. The second-order valence-electron chi connectivity index (χ2n) is 6.99. The molecule has 0 saturated carbocycles. The molecule has 1 N–H and O–H groups in total. The third-order valence-electron chi connectivity index (χ3n) is 4.72. The number of carbonyl (C=O) groups excluding carboxylic acids is 1. The normalized spacial score (nSPS) is 16.5. The van der Waals surface area contributed by atoms with Gasteiger partial charge in [0.2, 0.25) is 10.0 Å². The number of hydrogen-bond acceptors (Lipinski definition) is 6. The second kappa shape index (κ2) is 8.23. The molecule has 29 heavy (non-hydrogen) atoms. The number of likely N-dealkylation sites (N-methyl/N-ethyl adjacent to an activating group) is 1. The first-order chi connectivity index (χ1) is 13.6. The number of sulfone groups is 1. The molecule has 0 aliphatic carbocycles. The van der Waals surface area contributed by atoms with Gasteiger partial charge >= 0.3 is 0 Å². The number of hydrogen-bond donors (Lipinski definition) is 1. The molecular weight excluding hydrogens is 414 g/mol. The lowest BCUT2D eigenvalue weighted by Crippen LogP contribution is -2.47. The van der Waals surface area contributed by atoms with Gasteiger partial charge in [-0.05, 0) is 43.4 Å². The van der Waals surface area contributed by atoms with Crippen molar-refractivity contribution in [3.8, 4) is 0 Å². The molecule has 1 fully saturated rings. The lowest BCUT2D eigenvalue weighted by atomic mass is 10.2. The molecule has 2 aromatic carbocycles. The fourth-order valence-corrected chi connectivity index (χ4v) is 5.12. The Kier molecular flexibility index (Phi) is 6.08. The summed E-state index contributed by atoms with van der Waals surface area (Å²) in [5.74, 6) is -0.522. The van der Waals surface area contributed by atoms with Gasteiger partial charge in [0, 0.05) is 43.7 Å². The van der Waals surface area contributed by atoms with Crippen molar-refractivity contribution < 1.29 is 21.6 Å². The molecule has 1 heterocycles. The Morgan fingerprint density at radius 2 is 1.52 bits per heavy atom. The maximum absolute atomic E-state index is 12.9. The van der Waals surface area contributed by atoms with Crippen LogP contribution in [-0.4, -0.2) is 71.4 Å². The van der Waals surface area contributed by atoms with Crippen LogP contribution >= 0.6 is 0 Å². The van der Waals surface area contributed by atoms with Crippen molar-refractivity contribution in [2.45, 2.75) is 9.79 Å². The number of nitrogens with zero attached hydrogens (tertiary/aromatic N) is 2. The fourth-order valence-electron chi connectivity index (χ4n) is 2.98. The summed E-state index contributed by atoms with van der Waals surface area (Å²) >= 11 is 0. The van der Waals surface area contributed by atoms with E-state index in [0.29, 0.717) is 31.9 Å². The minimum Gasteiger partial charge on any atom is -0.322 e. The Balaban J connectivity index is 1.81. The van der Waals surface area contributed by atoms with Gasteiger partial charge < -0.3 is 10.2 Å². The summed E-state index contributed by atoms with van der Waals surface area (Å²) in [4.78, 5) is 14.8. The number of benzene rings is 2. The van der Waals surface area contributed by atoms with Crippen LogP contribution in [0.3, 0.4) is 0 Å². The Labute approximate surface area is 171 Å². The van der Waals surface area contributed by atoms with Gasteiger partial charge in [0.1, 0.15) is 0 Å². The zero-order chi connectivity index (χ0) is 21.2.